The van der Waals surface area contributed by atoms with Crippen molar-refractivity contribution < 1.29 is 4.42 Å². The zero-order chi connectivity index (χ0) is 31.1. The molecule has 4 aromatic heterocycles. The molecule has 0 aliphatic heterocycles. The Morgan fingerprint density at radius 1 is 0.532 bits per heavy atom. The lowest BCUT2D eigenvalue weighted by Crippen LogP contribution is -1.96. The molecule has 6 aromatic carbocycles. The molecule has 10 aromatic rings. The van der Waals surface area contributed by atoms with E-state index in [-0.39, 0.29) is 0 Å². The van der Waals surface area contributed by atoms with Crippen molar-refractivity contribution in [2.75, 3.05) is 0 Å². The summed E-state index contributed by atoms with van der Waals surface area (Å²) in [5.74, 6) is 0. The van der Waals surface area contributed by atoms with Crippen LogP contribution in [0.3, 0.4) is 0 Å². The SMILES string of the molecule is [C-]#[N+]c1cc(-c2cccc(-n3c4cccnc4c4ccc5c6ccccc6oc5c43)c2)cc(-n2c3ccccc3c3ccccc32)c1. The Hall–Kier alpha value is -6.64. The van der Waals surface area contributed by atoms with E-state index in [0.29, 0.717) is 5.69 Å². The number of aromatic nitrogens is 3. The fraction of sp³-hybridized carbons (Fsp3) is 0. The molecular weight excluding hydrogens is 576 g/mol. The van der Waals surface area contributed by atoms with E-state index in [1.54, 1.807) is 0 Å². The predicted molar refractivity (Wildman–Crippen MR) is 192 cm³/mol. The summed E-state index contributed by atoms with van der Waals surface area (Å²) in [6, 6.07) is 48.2. The van der Waals surface area contributed by atoms with Crippen LogP contribution in [0.4, 0.5) is 5.69 Å². The highest BCUT2D eigenvalue weighted by Crippen LogP contribution is 2.41. The van der Waals surface area contributed by atoms with Crippen molar-refractivity contribution in [3.63, 3.8) is 0 Å². The average Bonchev–Trinajstić information content (AvgIpc) is 3.79. The lowest BCUT2D eigenvalue weighted by atomic mass is 10.0. The molecule has 0 aliphatic rings. The van der Waals surface area contributed by atoms with Gasteiger partial charge in [0, 0.05) is 44.5 Å². The number of pyridine rings is 1. The van der Waals surface area contributed by atoms with Gasteiger partial charge in [0.1, 0.15) is 5.58 Å². The minimum atomic E-state index is 0.592. The maximum atomic E-state index is 8.00. The van der Waals surface area contributed by atoms with Gasteiger partial charge in [-0.15, -0.1) is 0 Å². The van der Waals surface area contributed by atoms with Crippen LogP contribution in [0, 0.1) is 6.57 Å². The fourth-order valence-electron chi connectivity index (χ4n) is 7.34. The van der Waals surface area contributed by atoms with Crippen molar-refractivity contribution in [3.8, 4) is 22.5 Å². The summed E-state index contributed by atoms with van der Waals surface area (Å²) in [5, 5.41) is 5.60. The number of fused-ring (bicyclic) bond motifs is 10. The van der Waals surface area contributed by atoms with Crippen LogP contribution in [0.1, 0.15) is 0 Å². The maximum Gasteiger partial charge on any atom is 0.189 e. The van der Waals surface area contributed by atoms with Crippen LogP contribution >= 0.6 is 0 Å². The number of benzene rings is 6. The third-order valence-corrected chi connectivity index (χ3v) is 9.33. The summed E-state index contributed by atoms with van der Waals surface area (Å²) < 4.78 is 11.1. The molecule has 0 amide bonds. The van der Waals surface area contributed by atoms with E-state index in [0.717, 1.165) is 77.4 Å². The average molecular weight is 601 g/mol. The van der Waals surface area contributed by atoms with Crippen LogP contribution in [-0.4, -0.2) is 14.1 Å². The second kappa shape index (κ2) is 9.68. The Labute approximate surface area is 269 Å². The molecule has 0 unspecified atom stereocenters. The molecule has 0 radical (unpaired) electrons. The van der Waals surface area contributed by atoms with Crippen molar-refractivity contribution in [2.24, 2.45) is 0 Å². The van der Waals surface area contributed by atoms with Crippen molar-refractivity contribution in [3.05, 3.63) is 157 Å². The Morgan fingerprint density at radius 3 is 2.04 bits per heavy atom. The predicted octanol–water partition coefficient (Wildman–Crippen LogP) is 11.4. The molecule has 0 N–H and O–H groups in total. The Balaban J connectivity index is 1.22. The zero-order valence-electron chi connectivity index (χ0n) is 25.1. The first-order chi connectivity index (χ1) is 23.3. The summed E-state index contributed by atoms with van der Waals surface area (Å²) in [5.41, 5.74) is 11.4. The van der Waals surface area contributed by atoms with Crippen molar-refractivity contribution in [2.45, 2.75) is 0 Å². The first-order valence-corrected chi connectivity index (χ1v) is 15.6. The summed E-state index contributed by atoms with van der Waals surface area (Å²) in [7, 11) is 0. The number of para-hydroxylation sites is 3. The van der Waals surface area contributed by atoms with Gasteiger partial charge in [-0.05, 0) is 83.9 Å². The van der Waals surface area contributed by atoms with Gasteiger partial charge in [0.25, 0.3) is 0 Å². The van der Waals surface area contributed by atoms with Crippen LogP contribution in [-0.2, 0) is 0 Å². The quantitative estimate of drug-likeness (QED) is 0.189. The first kappa shape index (κ1) is 25.7. The molecule has 0 saturated heterocycles. The molecule has 47 heavy (non-hydrogen) atoms. The molecule has 4 heterocycles. The van der Waals surface area contributed by atoms with Crippen LogP contribution in [0.2, 0.25) is 0 Å². The Bertz CT molecular complexity index is 2880. The largest absolute Gasteiger partial charge is 0.454 e. The van der Waals surface area contributed by atoms with Crippen LogP contribution in [0.25, 0.3) is 93.0 Å². The molecular formula is C42H24N4O. The number of nitrogens with zero attached hydrogens (tertiary/aromatic N) is 4. The van der Waals surface area contributed by atoms with Crippen molar-refractivity contribution in [1.82, 2.24) is 14.1 Å². The van der Waals surface area contributed by atoms with Gasteiger partial charge in [0.2, 0.25) is 0 Å². The molecule has 0 spiro atoms. The molecule has 0 saturated carbocycles. The molecule has 0 fully saturated rings. The van der Waals surface area contributed by atoms with Crippen molar-refractivity contribution >= 4 is 71.4 Å². The minimum Gasteiger partial charge on any atom is -0.454 e. The number of furan rings is 1. The zero-order valence-corrected chi connectivity index (χ0v) is 25.1. The van der Waals surface area contributed by atoms with Crippen molar-refractivity contribution in [1.29, 1.82) is 0 Å². The standard InChI is InChI=1S/C42H24N4O/c1-43-28-22-27(24-30(25-28)45-36-15-5-2-12-31(36)32-13-3-6-16-37(32)45)26-10-8-11-29(23-26)46-38-17-9-21-44-40(38)35-20-19-34-33-14-4-7-18-39(33)47-42(34)41(35)46/h2-25H. The normalized spacial score (nSPS) is 11.8. The molecule has 10 rings (SSSR count). The topological polar surface area (TPSA) is 40.2 Å². The van der Waals surface area contributed by atoms with Gasteiger partial charge in [-0.2, -0.15) is 0 Å². The molecule has 5 heteroatoms. The highest BCUT2D eigenvalue weighted by atomic mass is 16.3. The van der Waals surface area contributed by atoms with Gasteiger partial charge >= 0.3 is 0 Å². The van der Waals surface area contributed by atoms with Gasteiger partial charge < -0.3 is 13.6 Å². The van der Waals surface area contributed by atoms with E-state index in [1.165, 1.54) is 10.8 Å². The van der Waals surface area contributed by atoms with Crippen LogP contribution in [0.5, 0.6) is 0 Å². The highest BCUT2D eigenvalue weighted by molar-refractivity contribution is 6.20. The van der Waals surface area contributed by atoms with E-state index < -0.39 is 0 Å². The van der Waals surface area contributed by atoms with E-state index in [9.17, 15) is 0 Å². The number of hydrogen-bond acceptors (Lipinski definition) is 2. The second-order valence-corrected chi connectivity index (χ2v) is 11.9. The van der Waals surface area contributed by atoms with Gasteiger partial charge in [-0.1, -0.05) is 66.7 Å². The molecule has 218 valence electrons. The minimum absolute atomic E-state index is 0.592. The summed E-state index contributed by atoms with van der Waals surface area (Å²) in [6.07, 6.45) is 1.84. The van der Waals surface area contributed by atoms with E-state index in [2.05, 4.69) is 117 Å². The monoisotopic (exact) mass is 600 g/mol. The van der Waals surface area contributed by atoms with E-state index in [1.807, 2.05) is 42.6 Å². The summed E-state index contributed by atoms with van der Waals surface area (Å²) in [6.45, 7) is 8.00. The van der Waals surface area contributed by atoms with Gasteiger partial charge in [-0.3, -0.25) is 4.98 Å². The fourth-order valence-corrected chi connectivity index (χ4v) is 7.34. The lowest BCUT2D eigenvalue weighted by Gasteiger charge is -2.13. The van der Waals surface area contributed by atoms with E-state index >= 15 is 0 Å². The molecule has 0 bridgehead atoms. The molecule has 5 nitrogen and oxygen atoms in total. The van der Waals surface area contributed by atoms with Crippen LogP contribution < -0.4 is 0 Å². The highest BCUT2D eigenvalue weighted by Gasteiger charge is 2.20. The smallest absolute Gasteiger partial charge is 0.189 e. The van der Waals surface area contributed by atoms with Gasteiger partial charge in [0.05, 0.1) is 34.2 Å². The molecule has 0 atom stereocenters. The summed E-state index contributed by atoms with van der Waals surface area (Å²) >= 11 is 0. The summed E-state index contributed by atoms with van der Waals surface area (Å²) in [4.78, 5) is 8.72. The van der Waals surface area contributed by atoms with Gasteiger partial charge in [0.15, 0.2) is 11.3 Å². The number of rotatable bonds is 3. The van der Waals surface area contributed by atoms with Crippen LogP contribution in [0.15, 0.2) is 150 Å². The van der Waals surface area contributed by atoms with Gasteiger partial charge in [-0.25, -0.2) is 4.85 Å². The third-order valence-electron chi connectivity index (χ3n) is 9.33. The Kier molecular flexibility index (Phi) is 5.28. The first-order valence-electron chi connectivity index (χ1n) is 15.6. The number of hydrogen-bond donors (Lipinski definition) is 0. The maximum absolute atomic E-state index is 8.00. The molecule has 0 aliphatic carbocycles. The lowest BCUT2D eigenvalue weighted by molar-refractivity contribution is 0.671. The van der Waals surface area contributed by atoms with E-state index in [4.69, 9.17) is 16.0 Å². The second-order valence-electron chi connectivity index (χ2n) is 11.9. The Morgan fingerprint density at radius 2 is 1.23 bits per heavy atom. The third kappa shape index (κ3) is 3.67.